The van der Waals surface area contributed by atoms with Gasteiger partial charge in [0.05, 0.1) is 11.0 Å². The lowest BCUT2D eigenvalue weighted by Crippen LogP contribution is -2.39. The van der Waals surface area contributed by atoms with E-state index in [0.717, 1.165) is 47.5 Å². The SMILES string of the molecule is O=C(c1ccc(-n2cccc2)cc1)N1CCCC(c2nc3ccccc3[nH]2)C1. The summed E-state index contributed by atoms with van der Waals surface area (Å²) >= 11 is 0. The topological polar surface area (TPSA) is 53.9 Å². The van der Waals surface area contributed by atoms with Crippen LogP contribution in [0.25, 0.3) is 16.7 Å². The second-order valence-corrected chi connectivity index (χ2v) is 7.37. The molecule has 5 nitrogen and oxygen atoms in total. The van der Waals surface area contributed by atoms with E-state index in [4.69, 9.17) is 4.98 Å². The Labute approximate surface area is 163 Å². The molecule has 1 fully saturated rings. The zero-order valence-corrected chi connectivity index (χ0v) is 15.6. The van der Waals surface area contributed by atoms with E-state index >= 15 is 0 Å². The molecule has 2 aromatic heterocycles. The molecule has 0 spiro atoms. The summed E-state index contributed by atoms with van der Waals surface area (Å²) in [7, 11) is 0. The van der Waals surface area contributed by atoms with Crippen LogP contribution in [0.2, 0.25) is 0 Å². The van der Waals surface area contributed by atoms with Crippen molar-refractivity contribution in [2.24, 2.45) is 0 Å². The molecule has 0 aliphatic carbocycles. The first-order valence-electron chi connectivity index (χ1n) is 9.75. The van der Waals surface area contributed by atoms with Crippen molar-refractivity contribution in [2.75, 3.05) is 13.1 Å². The fourth-order valence-corrected chi connectivity index (χ4v) is 4.02. The number of piperidine rings is 1. The van der Waals surface area contributed by atoms with Gasteiger partial charge in [0.2, 0.25) is 0 Å². The third kappa shape index (κ3) is 3.09. The van der Waals surface area contributed by atoms with Crippen molar-refractivity contribution in [3.63, 3.8) is 0 Å². The summed E-state index contributed by atoms with van der Waals surface area (Å²) in [5.41, 5.74) is 3.84. The number of rotatable bonds is 3. The van der Waals surface area contributed by atoms with Gasteiger partial charge in [-0.3, -0.25) is 4.79 Å². The molecule has 5 heteroatoms. The number of aromatic amines is 1. The molecule has 1 amide bonds. The summed E-state index contributed by atoms with van der Waals surface area (Å²) in [6, 6.07) is 19.9. The van der Waals surface area contributed by atoms with Crippen LogP contribution in [0.3, 0.4) is 0 Å². The molecule has 1 atom stereocenters. The summed E-state index contributed by atoms with van der Waals surface area (Å²) < 4.78 is 2.03. The number of benzene rings is 2. The van der Waals surface area contributed by atoms with Gasteiger partial charge in [0.1, 0.15) is 5.82 Å². The lowest BCUT2D eigenvalue weighted by atomic mass is 9.96. The third-order valence-corrected chi connectivity index (χ3v) is 5.52. The van der Waals surface area contributed by atoms with Crippen LogP contribution in [-0.2, 0) is 0 Å². The Morgan fingerprint density at radius 1 is 1.00 bits per heavy atom. The van der Waals surface area contributed by atoms with E-state index in [0.29, 0.717) is 6.54 Å². The van der Waals surface area contributed by atoms with Crippen LogP contribution in [0.4, 0.5) is 0 Å². The predicted octanol–water partition coefficient (Wildman–Crippen LogP) is 4.37. The molecule has 0 bridgehead atoms. The van der Waals surface area contributed by atoms with E-state index in [1.165, 1.54) is 0 Å². The number of para-hydroxylation sites is 2. The van der Waals surface area contributed by atoms with E-state index < -0.39 is 0 Å². The quantitative estimate of drug-likeness (QED) is 0.582. The van der Waals surface area contributed by atoms with Crippen LogP contribution < -0.4 is 0 Å². The Morgan fingerprint density at radius 3 is 2.57 bits per heavy atom. The van der Waals surface area contributed by atoms with Crippen LogP contribution in [0.1, 0.15) is 34.9 Å². The Hall–Kier alpha value is -3.34. The number of aromatic nitrogens is 3. The highest BCUT2D eigenvalue weighted by Gasteiger charge is 2.27. The lowest BCUT2D eigenvalue weighted by molar-refractivity contribution is 0.0705. The van der Waals surface area contributed by atoms with Crippen LogP contribution in [0, 0.1) is 0 Å². The third-order valence-electron chi connectivity index (χ3n) is 5.52. The standard InChI is InChI=1S/C23H22N4O/c28-23(17-9-11-19(12-10-17)26-13-3-4-14-26)27-15-5-6-18(16-27)22-24-20-7-1-2-8-21(20)25-22/h1-4,7-14,18H,5-6,15-16H2,(H,24,25). The van der Waals surface area contributed by atoms with Gasteiger partial charge in [0, 0.05) is 42.7 Å². The predicted molar refractivity (Wildman–Crippen MR) is 110 cm³/mol. The maximum Gasteiger partial charge on any atom is 0.253 e. The maximum atomic E-state index is 13.0. The molecule has 1 unspecified atom stereocenters. The van der Waals surface area contributed by atoms with Gasteiger partial charge in [-0.25, -0.2) is 4.98 Å². The van der Waals surface area contributed by atoms with Crippen LogP contribution >= 0.6 is 0 Å². The number of nitrogens with one attached hydrogen (secondary N) is 1. The Morgan fingerprint density at radius 2 is 1.79 bits per heavy atom. The van der Waals surface area contributed by atoms with Gasteiger partial charge in [-0.05, 0) is 61.4 Å². The van der Waals surface area contributed by atoms with Crippen molar-refractivity contribution in [1.29, 1.82) is 0 Å². The number of imidazole rings is 1. The van der Waals surface area contributed by atoms with Gasteiger partial charge in [0.25, 0.3) is 5.91 Å². The monoisotopic (exact) mass is 370 g/mol. The summed E-state index contributed by atoms with van der Waals surface area (Å²) in [6.07, 6.45) is 6.05. The molecular formula is C23H22N4O. The minimum absolute atomic E-state index is 0.0971. The first-order chi connectivity index (χ1) is 13.8. The maximum absolute atomic E-state index is 13.0. The molecule has 140 valence electrons. The second-order valence-electron chi connectivity index (χ2n) is 7.37. The Bertz CT molecular complexity index is 1060. The fraction of sp³-hybridized carbons (Fsp3) is 0.217. The van der Waals surface area contributed by atoms with Gasteiger partial charge in [-0.2, -0.15) is 0 Å². The number of nitrogens with zero attached hydrogens (tertiary/aromatic N) is 3. The molecule has 28 heavy (non-hydrogen) atoms. The van der Waals surface area contributed by atoms with Gasteiger partial charge in [-0.15, -0.1) is 0 Å². The molecular weight excluding hydrogens is 348 g/mol. The second kappa shape index (κ2) is 7.00. The number of fused-ring (bicyclic) bond motifs is 1. The largest absolute Gasteiger partial charge is 0.342 e. The molecule has 1 aliphatic heterocycles. The van der Waals surface area contributed by atoms with E-state index in [2.05, 4.69) is 4.98 Å². The summed E-state index contributed by atoms with van der Waals surface area (Å²) in [5, 5.41) is 0. The van der Waals surface area contributed by atoms with E-state index in [-0.39, 0.29) is 11.8 Å². The fourth-order valence-electron chi connectivity index (χ4n) is 4.02. The summed E-state index contributed by atoms with van der Waals surface area (Å²) in [4.78, 5) is 23.2. The molecule has 0 saturated carbocycles. The summed E-state index contributed by atoms with van der Waals surface area (Å²) in [6.45, 7) is 1.51. The van der Waals surface area contributed by atoms with Crippen molar-refractivity contribution in [2.45, 2.75) is 18.8 Å². The minimum atomic E-state index is 0.0971. The molecule has 1 N–H and O–H groups in total. The normalized spacial score (nSPS) is 17.1. The van der Waals surface area contributed by atoms with Crippen LogP contribution in [-0.4, -0.2) is 38.4 Å². The zero-order valence-electron chi connectivity index (χ0n) is 15.6. The molecule has 1 aliphatic rings. The van der Waals surface area contributed by atoms with Gasteiger partial charge >= 0.3 is 0 Å². The van der Waals surface area contributed by atoms with E-state index in [1.54, 1.807) is 0 Å². The first kappa shape index (κ1) is 16.8. The van der Waals surface area contributed by atoms with Crippen molar-refractivity contribution in [3.05, 3.63) is 84.4 Å². The Balaban J connectivity index is 1.33. The number of hydrogen-bond acceptors (Lipinski definition) is 2. The molecule has 4 aromatic rings. The number of carbonyl (C=O) groups is 1. The zero-order chi connectivity index (χ0) is 18.9. The minimum Gasteiger partial charge on any atom is -0.342 e. The molecule has 3 heterocycles. The Kier molecular flexibility index (Phi) is 4.20. The average molecular weight is 370 g/mol. The van der Waals surface area contributed by atoms with E-state index in [9.17, 15) is 4.79 Å². The molecule has 0 radical (unpaired) electrons. The van der Waals surface area contributed by atoms with E-state index in [1.807, 2.05) is 82.5 Å². The molecule has 5 rings (SSSR count). The first-order valence-corrected chi connectivity index (χ1v) is 9.75. The number of likely N-dealkylation sites (tertiary alicyclic amines) is 1. The van der Waals surface area contributed by atoms with Gasteiger partial charge in [0.15, 0.2) is 0 Å². The highest BCUT2D eigenvalue weighted by atomic mass is 16.2. The number of carbonyl (C=O) groups excluding carboxylic acids is 1. The van der Waals surface area contributed by atoms with Crippen molar-refractivity contribution in [3.8, 4) is 5.69 Å². The molecule has 2 aromatic carbocycles. The number of H-pyrrole nitrogens is 1. The highest BCUT2D eigenvalue weighted by molar-refractivity contribution is 5.94. The van der Waals surface area contributed by atoms with Crippen molar-refractivity contribution < 1.29 is 4.79 Å². The summed E-state index contributed by atoms with van der Waals surface area (Å²) in [5.74, 6) is 1.34. The van der Waals surface area contributed by atoms with Crippen LogP contribution in [0.5, 0.6) is 0 Å². The number of hydrogen-bond donors (Lipinski definition) is 1. The van der Waals surface area contributed by atoms with Gasteiger partial charge in [-0.1, -0.05) is 12.1 Å². The van der Waals surface area contributed by atoms with Crippen molar-refractivity contribution in [1.82, 2.24) is 19.4 Å². The lowest BCUT2D eigenvalue weighted by Gasteiger charge is -2.32. The smallest absolute Gasteiger partial charge is 0.253 e. The highest BCUT2D eigenvalue weighted by Crippen LogP contribution is 2.27. The van der Waals surface area contributed by atoms with Crippen LogP contribution in [0.15, 0.2) is 73.1 Å². The number of amides is 1. The van der Waals surface area contributed by atoms with Gasteiger partial charge < -0.3 is 14.5 Å². The molecule has 1 saturated heterocycles. The average Bonchev–Trinajstić information content (AvgIpc) is 3.43. The van der Waals surface area contributed by atoms with Crippen molar-refractivity contribution >= 4 is 16.9 Å².